The highest BCUT2D eigenvalue weighted by molar-refractivity contribution is 5.75. The third-order valence-corrected chi connectivity index (χ3v) is 5.22. The van der Waals surface area contributed by atoms with Gasteiger partial charge in [0.25, 0.3) is 0 Å². The lowest BCUT2D eigenvalue weighted by molar-refractivity contribution is 0.183. The Kier molecular flexibility index (Phi) is 3.42. The van der Waals surface area contributed by atoms with Crippen LogP contribution in [-0.4, -0.2) is 20.1 Å². The summed E-state index contributed by atoms with van der Waals surface area (Å²) in [5.74, 6) is 0.460. The Morgan fingerprint density at radius 3 is 2.96 bits per heavy atom. The van der Waals surface area contributed by atoms with E-state index in [-0.39, 0.29) is 5.54 Å². The van der Waals surface area contributed by atoms with Crippen LogP contribution in [0, 0.1) is 5.92 Å². The molecule has 2 N–H and O–H groups in total. The summed E-state index contributed by atoms with van der Waals surface area (Å²) in [6.45, 7) is 3.86. The van der Waals surface area contributed by atoms with Crippen molar-refractivity contribution in [2.75, 3.05) is 0 Å². The number of nitrogens with two attached hydrogens (primary N) is 1. The third kappa shape index (κ3) is 2.43. The van der Waals surface area contributed by atoms with Crippen LogP contribution in [0.4, 0.5) is 0 Å². The highest BCUT2D eigenvalue weighted by Crippen LogP contribution is 2.41. The molecule has 23 heavy (non-hydrogen) atoms. The van der Waals surface area contributed by atoms with Gasteiger partial charge in [0.2, 0.25) is 0 Å². The molecule has 0 aliphatic heterocycles. The molecule has 0 saturated heterocycles. The Balaban J connectivity index is 1.67. The summed E-state index contributed by atoms with van der Waals surface area (Å²) in [6.07, 6.45) is 17.9. The molecule has 2 aliphatic rings. The van der Waals surface area contributed by atoms with Gasteiger partial charge in [0, 0.05) is 23.4 Å². The van der Waals surface area contributed by atoms with Crippen molar-refractivity contribution < 1.29 is 0 Å². The Morgan fingerprint density at radius 2 is 2.30 bits per heavy atom. The van der Waals surface area contributed by atoms with Crippen LogP contribution in [-0.2, 0) is 6.42 Å². The van der Waals surface area contributed by atoms with Gasteiger partial charge in [-0.1, -0.05) is 24.3 Å². The first-order chi connectivity index (χ1) is 11.2. The number of aromatic nitrogens is 3. The Morgan fingerprint density at radius 1 is 1.43 bits per heavy atom. The average molecular weight is 306 g/mol. The fraction of sp³-hybridized carbons (Fsp3) is 0.368. The van der Waals surface area contributed by atoms with Gasteiger partial charge in [-0.15, -0.1) is 6.58 Å². The molecule has 0 spiro atoms. The van der Waals surface area contributed by atoms with Gasteiger partial charge in [-0.2, -0.15) is 5.10 Å². The maximum atomic E-state index is 6.48. The average Bonchev–Trinajstić information content (AvgIpc) is 3.00. The summed E-state index contributed by atoms with van der Waals surface area (Å²) in [6, 6.07) is 1.93. The summed E-state index contributed by atoms with van der Waals surface area (Å²) in [5.41, 5.74) is 10.7. The molecule has 0 aromatic carbocycles. The molecule has 0 radical (unpaired) electrons. The van der Waals surface area contributed by atoms with Crippen LogP contribution in [0.5, 0.6) is 0 Å². The first-order valence-electron chi connectivity index (χ1n) is 8.31. The molecule has 1 fully saturated rings. The van der Waals surface area contributed by atoms with E-state index >= 15 is 0 Å². The predicted molar refractivity (Wildman–Crippen MR) is 92.9 cm³/mol. The van der Waals surface area contributed by atoms with E-state index in [1.54, 1.807) is 6.20 Å². The van der Waals surface area contributed by atoms with E-state index in [1.165, 1.54) is 12.0 Å². The zero-order valence-electron chi connectivity index (χ0n) is 13.3. The van der Waals surface area contributed by atoms with Crippen molar-refractivity contribution >= 4 is 11.2 Å². The molecule has 1 atom stereocenters. The summed E-state index contributed by atoms with van der Waals surface area (Å²) in [7, 11) is 0. The third-order valence-electron chi connectivity index (χ3n) is 5.22. The Bertz CT molecular complexity index is 808. The number of hydrogen-bond donors (Lipinski definition) is 1. The lowest BCUT2D eigenvalue weighted by Gasteiger charge is -2.44. The van der Waals surface area contributed by atoms with E-state index in [1.807, 2.05) is 16.7 Å². The first kappa shape index (κ1) is 14.4. The maximum absolute atomic E-state index is 6.48. The predicted octanol–water partition coefficient (Wildman–Crippen LogP) is 3.30. The van der Waals surface area contributed by atoms with Crippen molar-refractivity contribution in [2.45, 2.75) is 37.6 Å². The van der Waals surface area contributed by atoms with Crippen molar-refractivity contribution in [1.82, 2.24) is 14.6 Å². The van der Waals surface area contributed by atoms with Gasteiger partial charge in [-0.05, 0) is 43.6 Å². The molecule has 4 rings (SSSR count). The Hall–Kier alpha value is -2.20. The first-order valence-corrected chi connectivity index (χ1v) is 8.31. The standard InChI is InChI=1S/C19H22N4/c1-2-4-15-13-23-17(9-12-21-23)22-18(15)14-5-7-16(8-6-14)19(20)10-3-11-19/h2,5-7,9,12-13,16H,1,3-4,8,10-11,20H2. The zero-order valence-corrected chi connectivity index (χ0v) is 13.3. The van der Waals surface area contributed by atoms with E-state index in [0.717, 1.165) is 42.6 Å². The molecule has 2 aromatic heterocycles. The quantitative estimate of drug-likeness (QED) is 0.882. The van der Waals surface area contributed by atoms with E-state index in [0.29, 0.717) is 5.92 Å². The van der Waals surface area contributed by atoms with Crippen molar-refractivity contribution in [3.8, 4) is 0 Å². The minimum atomic E-state index is 0.0192. The number of fused-ring (bicyclic) bond motifs is 1. The molecule has 0 amide bonds. The largest absolute Gasteiger partial charge is 0.325 e. The van der Waals surface area contributed by atoms with Crippen LogP contribution in [0.2, 0.25) is 0 Å². The van der Waals surface area contributed by atoms with Crippen LogP contribution in [0.15, 0.2) is 49.3 Å². The van der Waals surface area contributed by atoms with Crippen LogP contribution >= 0.6 is 0 Å². The Labute approximate surface area is 136 Å². The molecule has 2 aliphatic carbocycles. The van der Waals surface area contributed by atoms with E-state index in [4.69, 9.17) is 10.7 Å². The maximum Gasteiger partial charge on any atom is 0.155 e. The summed E-state index contributed by atoms with van der Waals surface area (Å²) < 4.78 is 1.82. The van der Waals surface area contributed by atoms with Crippen molar-refractivity contribution in [3.05, 3.63) is 60.6 Å². The molecule has 118 valence electrons. The summed E-state index contributed by atoms with van der Waals surface area (Å²) in [5, 5.41) is 4.28. The highest BCUT2D eigenvalue weighted by Gasteiger charge is 2.39. The van der Waals surface area contributed by atoms with Crippen molar-refractivity contribution in [3.63, 3.8) is 0 Å². The van der Waals surface area contributed by atoms with Gasteiger partial charge in [-0.25, -0.2) is 9.50 Å². The van der Waals surface area contributed by atoms with E-state index in [2.05, 4.69) is 36.1 Å². The lowest BCUT2D eigenvalue weighted by Crippen LogP contribution is -2.52. The molecular weight excluding hydrogens is 284 g/mol. The second-order valence-corrected chi connectivity index (χ2v) is 6.69. The second-order valence-electron chi connectivity index (χ2n) is 6.69. The lowest BCUT2D eigenvalue weighted by atomic mass is 9.66. The number of nitrogens with zero attached hydrogens (tertiary/aromatic N) is 3. The molecular formula is C19H22N4. The van der Waals surface area contributed by atoms with Crippen LogP contribution in [0.3, 0.4) is 0 Å². The van der Waals surface area contributed by atoms with E-state index < -0.39 is 0 Å². The minimum Gasteiger partial charge on any atom is -0.325 e. The van der Waals surface area contributed by atoms with Gasteiger partial charge in [0.15, 0.2) is 5.65 Å². The highest BCUT2D eigenvalue weighted by atomic mass is 15.2. The van der Waals surface area contributed by atoms with Gasteiger partial charge in [-0.3, -0.25) is 0 Å². The van der Waals surface area contributed by atoms with Crippen LogP contribution < -0.4 is 5.73 Å². The van der Waals surface area contributed by atoms with Crippen LogP contribution in [0.1, 0.15) is 36.9 Å². The van der Waals surface area contributed by atoms with Crippen LogP contribution in [0.25, 0.3) is 11.2 Å². The monoisotopic (exact) mass is 306 g/mol. The van der Waals surface area contributed by atoms with E-state index in [9.17, 15) is 0 Å². The second kappa shape index (κ2) is 5.46. The normalized spacial score (nSPS) is 22.7. The van der Waals surface area contributed by atoms with Crippen molar-refractivity contribution in [1.29, 1.82) is 0 Å². The fourth-order valence-electron chi connectivity index (χ4n) is 3.62. The van der Waals surface area contributed by atoms with Gasteiger partial charge < -0.3 is 5.73 Å². The van der Waals surface area contributed by atoms with Gasteiger partial charge in [0.1, 0.15) is 0 Å². The summed E-state index contributed by atoms with van der Waals surface area (Å²) >= 11 is 0. The molecule has 4 nitrogen and oxygen atoms in total. The minimum absolute atomic E-state index is 0.0192. The molecule has 0 bridgehead atoms. The number of rotatable bonds is 4. The summed E-state index contributed by atoms with van der Waals surface area (Å²) in [4.78, 5) is 4.80. The van der Waals surface area contributed by atoms with Gasteiger partial charge >= 0.3 is 0 Å². The molecule has 1 unspecified atom stereocenters. The topological polar surface area (TPSA) is 56.2 Å². The SMILES string of the molecule is C=CCc1cn2nccc2nc1C1=CCC(C2(N)CCC2)C=C1. The molecule has 4 heteroatoms. The van der Waals surface area contributed by atoms with Gasteiger partial charge in [0.05, 0.1) is 11.9 Å². The zero-order chi connectivity index (χ0) is 15.9. The molecule has 1 saturated carbocycles. The smallest absolute Gasteiger partial charge is 0.155 e. The number of hydrogen-bond acceptors (Lipinski definition) is 3. The molecule has 2 aromatic rings. The number of allylic oxidation sites excluding steroid dienone is 4. The fourth-order valence-corrected chi connectivity index (χ4v) is 3.62. The van der Waals surface area contributed by atoms with Crippen molar-refractivity contribution in [2.24, 2.45) is 11.7 Å². The molecule has 2 heterocycles.